The number of nitrogens with one attached hydrogen (secondary N) is 1. The van der Waals surface area contributed by atoms with Gasteiger partial charge in [-0.1, -0.05) is 17.7 Å². The SMILES string of the molecule is O=S1(=O)CC(Oc2ccc(C3CCCN3)cc2Cl)C1. The molecule has 0 radical (unpaired) electrons. The number of hydrogen-bond acceptors (Lipinski definition) is 4. The molecule has 4 nitrogen and oxygen atoms in total. The van der Waals surface area contributed by atoms with Crippen LogP contribution in [0.1, 0.15) is 24.4 Å². The van der Waals surface area contributed by atoms with Gasteiger partial charge in [-0.15, -0.1) is 0 Å². The van der Waals surface area contributed by atoms with Crippen LogP contribution >= 0.6 is 11.6 Å². The smallest absolute Gasteiger partial charge is 0.157 e. The van der Waals surface area contributed by atoms with Crippen LogP contribution in [0.5, 0.6) is 5.75 Å². The molecule has 6 heteroatoms. The number of benzene rings is 1. The molecule has 1 N–H and O–H groups in total. The van der Waals surface area contributed by atoms with Crippen molar-refractivity contribution in [3.05, 3.63) is 28.8 Å². The minimum absolute atomic E-state index is 0.0925. The summed E-state index contributed by atoms with van der Waals surface area (Å²) in [4.78, 5) is 0. The molecule has 0 aromatic heterocycles. The molecule has 0 bridgehead atoms. The van der Waals surface area contributed by atoms with Crippen LogP contribution in [0.3, 0.4) is 0 Å². The lowest BCUT2D eigenvalue weighted by atomic mass is 10.1. The predicted octanol–water partition coefficient (Wildman–Crippen LogP) is 1.94. The Kier molecular flexibility index (Phi) is 3.45. The highest BCUT2D eigenvalue weighted by Crippen LogP contribution is 2.32. The molecular weight excluding hydrogens is 286 g/mol. The molecule has 2 heterocycles. The fraction of sp³-hybridized carbons (Fsp3) is 0.538. The molecule has 3 rings (SSSR count). The van der Waals surface area contributed by atoms with E-state index in [1.807, 2.05) is 18.2 Å². The maximum absolute atomic E-state index is 11.1. The van der Waals surface area contributed by atoms with Crippen molar-refractivity contribution >= 4 is 21.4 Å². The van der Waals surface area contributed by atoms with Crippen LogP contribution in [0.2, 0.25) is 5.02 Å². The second-order valence-electron chi connectivity index (χ2n) is 5.16. The summed E-state index contributed by atoms with van der Waals surface area (Å²) in [6.45, 7) is 1.04. The van der Waals surface area contributed by atoms with E-state index in [0.717, 1.165) is 18.5 Å². The van der Waals surface area contributed by atoms with Crippen LogP contribution < -0.4 is 10.1 Å². The van der Waals surface area contributed by atoms with Crippen LogP contribution in [-0.2, 0) is 9.84 Å². The van der Waals surface area contributed by atoms with Crippen LogP contribution in [0.4, 0.5) is 0 Å². The van der Waals surface area contributed by atoms with E-state index in [1.54, 1.807) is 0 Å². The molecule has 0 spiro atoms. The molecule has 2 aliphatic rings. The number of hydrogen-bond donors (Lipinski definition) is 1. The molecule has 1 unspecified atom stereocenters. The summed E-state index contributed by atoms with van der Waals surface area (Å²) in [5, 5.41) is 3.97. The maximum Gasteiger partial charge on any atom is 0.157 e. The van der Waals surface area contributed by atoms with E-state index in [4.69, 9.17) is 16.3 Å². The zero-order chi connectivity index (χ0) is 13.5. The summed E-state index contributed by atoms with van der Waals surface area (Å²) >= 11 is 6.20. The molecule has 104 valence electrons. The van der Waals surface area contributed by atoms with E-state index < -0.39 is 9.84 Å². The molecular formula is C13H16ClNO3S. The van der Waals surface area contributed by atoms with Gasteiger partial charge in [0.15, 0.2) is 9.84 Å². The van der Waals surface area contributed by atoms with Crippen molar-refractivity contribution in [1.29, 1.82) is 0 Å². The topological polar surface area (TPSA) is 55.4 Å². The normalized spacial score (nSPS) is 26.1. The molecule has 2 saturated heterocycles. The summed E-state index contributed by atoms with van der Waals surface area (Å²) in [7, 11) is -2.86. The van der Waals surface area contributed by atoms with Gasteiger partial charge in [-0.3, -0.25) is 0 Å². The van der Waals surface area contributed by atoms with Crippen LogP contribution in [0.15, 0.2) is 18.2 Å². The van der Waals surface area contributed by atoms with Gasteiger partial charge < -0.3 is 10.1 Å². The van der Waals surface area contributed by atoms with Crippen molar-refractivity contribution in [2.45, 2.75) is 25.0 Å². The monoisotopic (exact) mass is 301 g/mol. The first kappa shape index (κ1) is 13.2. The van der Waals surface area contributed by atoms with Crippen molar-refractivity contribution in [3.63, 3.8) is 0 Å². The van der Waals surface area contributed by atoms with E-state index in [-0.39, 0.29) is 17.6 Å². The Balaban J connectivity index is 1.69. The maximum atomic E-state index is 11.1. The minimum Gasteiger partial charge on any atom is -0.487 e. The van der Waals surface area contributed by atoms with Gasteiger partial charge in [-0.25, -0.2) is 8.42 Å². The van der Waals surface area contributed by atoms with Crippen LogP contribution in [0, 0.1) is 0 Å². The summed E-state index contributed by atoms with van der Waals surface area (Å²) in [6.07, 6.45) is 2.05. The number of ether oxygens (including phenoxy) is 1. The second-order valence-corrected chi connectivity index (χ2v) is 7.72. The second kappa shape index (κ2) is 4.96. The first-order chi connectivity index (χ1) is 9.03. The molecule has 1 atom stereocenters. The molecule has 19 heavy (non-hydrogen) atoms. The molecule has 1 aromatic rings. The molecule has 2 fully saturated rings. The van der Waals surface area contributed by atoms with Crippen LogP contribution in [0.25, 0.3) is 0 Å². The zero-order valence-corrected chi connectivity index (χ0v) is 12.0. The summed E-state index contributed by atoms with van der Waals surface area (Å²) < 4.78 is 27.8. The first-order valence-corrected chi connectivity index (χ1v) is 8.63. The molecule has 0 saturated carbocycles. The third-order valence-corrected chi connectivity index (χ3v) is 5.65. The largest absolute Gasteiger partial charge is 0.487 e. The average Bonchev–Trinajstić information content (AvgIpc) is 2.82. The first-order valence-electron chi connectivity index (χ1n) is 6.43. The Hall–Kier alpha value is -0.780. The van der Waals surface area contributed by atoms with Crippen molar-refractivity contribution in [2.75, 3.05) is 18.1 Å². The van der Waals surface area contributed by atoms with Gasteiger partial charge >= 0.3 is 0 Å². The quantitative estimate of drug-likeness (QED) is 0.927. The summed E-state index contributed by atoms with van der Waals surface area (Å²) in [5.74, 6) is 0.758. The summed E-state index contributed by atoms with van der Waals surface area (Å²) in [5.41, 5.74) is 1.16. The molecule has 0 amide bonds. The lowest BCUT2D eigenvalue weighted by Crippen LogP contribution is -2.45. The average molecular weight is 302 g/mol. The van der Waals surface area contributed by atoms with Gasteiger partial charge in [0.1, 0.15) is 11.9 Å². The van der Waals surface area contributed by atoms with Gasteiger partial charge in [0.2, 0.25) is 0 Å². The van der Waals surface area contributed by atoms with Crippen molar-refractivity contribution < 1.29 is 13.2 Å². The highest BCUT2D eigenvalue weighted by Gasteiger charge is 2.35. The third kappa shape index (κ3) is 2.88. The van der Waals surface area contributed by atoms with E-state index >= 15 is 0 Å². The Morgan fingerprint density at radius 1 is 1.32 bits per heavy atom. The van der Waals surface area contributed by atoms with Crippen LogP contribution in [-0.4, -0.2) is 32.6 Å². The lowest BCUT2D eigenvalue weighted by Gasteiger charge is -2.27. The van der Waals surface area contributed by atoms with Gasteiger partial charge in [0.05, 0.1) is 16.5 Å². The van der Waals surface area contributed by atoms with Crippen molar-refractivity contribution in [3.8, 4) is 5.75 Å². The predicted molar refractivity (Wildman–Crippen MR) is 74.5 cm³/mol. The number of rotatable bonds is 3. The number of halogens is 1. The highest BCUT2D eigenvalue weighted by molar-refractivity contribution is 7.92. The van der Waals surface area contributed by atoms with E-state index in [0.29, 0.717) is 16.8 Å². The summed E-state index contributed by atoms with van der Waals surface area (Å²) in [6, 6.07) is 6.11. The molecule has 2 aliphatic heterocycles. The minimum atomic E-state index is -2.86. The van der Waals surface area contributed by atoms with E-state index in [1.165, 1.54) is 6.42 Å². The third-order valence-electron chi connectivity index (χ3n) is 3.59. The molecule has 1 aromatic carbocycles. The Labute approximate surface area is 118 Å². The van der Waals surface area contributed by atoms with Gasteiger partial charge in [-0.2, -0.15) is 0 Å². The van der Waals surface area contributed by atoms with E-state index in [9.17, 15) is 8.42 Å². The van der Waals surface area contributed by atoms with Gasteiger partial charge in [0, 0.05) is 6.04 Å². The Morgan fingerprint density at radius 3 is 2.68 bits per heavy atom. The van der Waals surface area contributed by atoms with Gasteiger partial charge in [-0.05, 0) is 37.1 Å². The Bertz CT molecular complexity index is 570. The standard InChI is InChI=1S/C13H16ClNO3S/c14-11-6-9(12-2-1-5-15-12)3-4-13(11)18-10-7-19(16,17)8-10/h3-4,6,10,12,15H,1-2,5,7-8H2. The van der Waals surface area contributed by atoms with Crippen molar-refractivity contribution in [1.82, 2.24) is 5.32 Å². The Morgan fingerprint density at radius 2 is 2.11 bits per heavy atom. The fourth-order valence-corrected chi connectivity index (χ4v) is 3.97. The molecule has 0 aliphatic carbocycles. The zero-order valence-electron chi connectivity index (χ0n) is 10.4. The number of sulfone groups is 1. The fourth-order valence-electron chi connectivity index (χ4n) is 2.56. The van der Waals surface area contributed by atoms with Crippen molar-refractivity contribution in [2.24, 2.45) is 0 Å². The lowest BCUT2D eigenvalue weighted by molar-refractivity contribution is 0.230. The van der Waals surface area contributed by atoms with E-state index in [2.05, 4.69) is 5.32 Å². The highest BCUT2D eigenvalue weighted by atomic mass is 35.5. The van der Waals surface area contributed by atoms with Gasteiger partial charge in [0.25, 0.3) is 0 Å².